The zero-order valence-corrected chi connectivity index (χ0v) is 10.9. The van der Waals surface area contributed by atoms with E-state index >= 15 is 0 Å². The summed E-state index contributed by atoms with van der Waals surface area (Å²) >= 11 is 2.85. The first-order chi connectivity index (χ1) is 9.13. The Labute approximate surface area is 114 Å². The molecule has 0 saturated carbocycles. The van der Waals surface area contributed by atoms with Crippen LogP contribution in [0.5, 0.6) is 0 Å². The predicted octanol–water partition coefficient (Wildman–Crippen LogP) is 3.89. The molecule has 3 rings (SSSR count). The summed E-state index contributed by atoms with van der Waals surface area (Å²) in [6, 6.07) is 5.80. The molecule has 0 radical (unpaired) electrons. The van der Waals surface area contributed by atoms with Crippen LogP contribution in [0, 0.1) is 11.9 Å². The second kappa shape index (κ2) is 4.67. The monoisotopic (exact) mass is 296 g/mol. The van der Waals surface area contributed by atoms with Crippen molar-refractivity contribution in [2.75, 3.05) is 5.32 Å². The van der Waals surface area contributed by atoms with Crippen molar-refractivity contribution in [3.05, 3.63) is 46.4 Å². The standard InChI is InChI=1S/C12H6F2N2OS2/c13-10-2-1-6(11(14)16-10)15-12(17)9-5-8-7(19-9)3-4-18-8/h1-5H,(H,15,17). The lowest BCUT2D eigenvalue weighted by Crippen LogP contribution is -2.12. The molecule has 3 aromatic rings. The van der Waals surface area contributed by atoms with E-state index in [1.54, 1.807) is 6.07 Å². The largest absolute Gasteiger partial charge is 0.317 e. The number of aromatic nitrogens is 1. The number of carbonyl (C=O) groups excluding carboxylic acids is 1. The first-order valence-corrected chi connectivity index (χ1v) is 6.93. The maximum Gasteiger partial charge on any atom is 0.265 e. The van der Waals surface area contributed by atoms with Crippen molar-refractivity contribution < 1.29 is 13.6 Å². The van der Waals surface area contributed by atoms with E-state index in [2.05, 4.69) is 10.3 Å². The van der Waals surface area contributed by atoms with Crippen LogP contribution in [-0.2, 0) is 0 Å². The van der Waals surface area contributed by atoms with Gasteiger partial charge in [-0.05, 0) is 29.6 Å². The maximum absolute atomic E-state index is 13.3. The van der Waals surface area contributed by atoms with Crippen molar-refractivity contribution in [2.24, 2.45) is 0 Å². The number of carbonyl (C=O) groups is 1. The number of hydrogen-bond acceptors (Lipinski definition) is 4. The highest BCUT2D eigenvalue weighted by atomic mass is 32.1. The Balaban J connectivity index is 1.86. The van der Waals surface area contributed by atoms with Gasteiger partial charge in [-0.25, -0.2) is 0 Å². The fraction of sp³-hybridized carbons (Fsp3) is 0. The molecule has 1 amide bonds. The van der Waals surface area contributed by atoms with Crippen LogP contribution in [0.4, 0.5) is 14.5 Å². The molecule has 0 aliphatic heterocycles. The average Bonchev–Trinajstić information content (AvgIpc) is 2.93. The molecule has 0 aromatic carbocycles. The number of pyridine rings is 1. The van der Waals surface area contributed by atoms with Crippen LogP contribution >= 0.6 is 22.7 Å². The average molecular weight is 296 g/mol. The first-order valence-electron chi connectivity index (χ1n) is 5.24. The Bertz CT molecular complexity index is 738. The lowest BCUT2D eigenvalue weighted by atomic mass is 10.3. The zero-order valence-electron chi connectivity index (χ0n) is 9.31. The van der Waals surface area contributed by atoms with Gasteiger partial charge >= 0.3 is 0 Å². The summed E-state index contributed by atoms with van der Waals surface area (Å²) in [5.74, 6) is -2.39. The highest BCUT2D eigenvalue weighted by Crippen LogP contribution is 2.30. The van der Waals surface area contributed by atoms with Crippen LogP contribution < -0.4 is 5.32 Å². The summed E-state index contributed by atoms with van der Waals surface area (Å²) < 4.78 is 28.0. The zero-order chi connectivity index (χ0) is 13.4. The van der Waals surface area contributed by atoms with Crippen molar-refractivity contribution in [2.45, 2.75) is 0 Å². The number of nitrogens with one attached hydrogen (secondary N) is 1. The minimum Gasteiger partial charge on any atom is -0.317 e. The quantitative estimate of drug-likeness (QED) is 0.729. The van der Waals surface area contributed by atoms with E-state index in [9.17, 15) is 13.6 Å². The molecule has 0 aliphatic rings. The highest BCUT2D eigenvalue weighted by Gasteiger charge is 2.14. The Hall–Kier alpha value is -1.86. The van der Waals surface area contributed by atoms with Crippen LogP contribution in [0.3, 0.4) is 0 Å². The molecule has 0 fully saturated rings. The smallest absolute Gasteiger partial charge is 0.265 e. The Morgan fingerprint density at radius 2 is 2.05 bits per heavy atom. The highest BCUT2D eigenvalue weighted by molar-refractivity contribution is 7.27. The number of amides is 1. The third-order valence-corrected chi connectivity index (χ3v) is 4.52. The molecule has 3 aromatic heterocycles. The van der Waals surface area contributed by atoms with Gasteiger partial charge in [-0.15, -0.1) is 22.7 Å². The molecule has 19 heavy (non-hydrogen) atoms. The molecular formula is C12H6F2N2OS2. The number of halogens is 2. The minimum atomic E-state index is -1.04. The Morgan fingerprint density at radius 1 is 1.21 bits per heavy atom. The van der Waals surface area contributed by atoms with E-state index < -0.39 is 17.8 Å². The van der Waals surface area contributed by atoms with Crippen molar-refractivity contribution in [3.8, 4) is 0 Å². The van der Waals surface area contributed by atoms with Gasteiger partial charge in [-0.1, -0.05) is 0 Å². The van der Waals surface area contributed by atoms with Gasteiger partial charge in [0.15, 0.2) is 0 Å². The number of anilines is 1. The number of nitrogens with zero attached hydrogens (tertiary/aromatic N) is 1. The summed E-state index contributed by atoms with van der Waals surface area (Å²) in [6.07, 6.45) is 0. The van der Waals surface area contributed by atoms with Crippen LogP contribution in [0.25, 0.3) is 9.40 Å². The fourth-order valence-corrected chi connectivity index (χ4v) is 3.57. The summed E-state index contributed by atoms with van der Waals surface area (Å²) in [5.41, 5.74) is -0.136. The molecule has 0 bridgehead atoms. The summed E-state index contributed by atoms with van der Waals surface area (Å²) in [6.45, 7) is 0. The van der Waals surface area contributed by atoms with Gasteiger partial charge in [0, 0.05) is 9.40 Å². The second-order valence-electron chi connectivity index (χ2n) is 3.69. The Kier molecular flexibility index (Phi) is 3.00. The molecule has 0 aliphatic carbocycles. The van der Waals surface area contributed by atoms with Gasteiger partial charge in [-0.3, -0.25) is 4.79 Å². The van der Waals surface area contributed by atoms with Crippen molar-refractivity contribution in [1.29, 1.82) is 0 Å². The van der Waals surface area contributed by atoms with Gasteiger partial charge in [0.25, 0.3) is 5.91 Å². The summed E-state index contributed by atoms with van der Waals surface area (Å²) in [4.78, 5) is 15.4. The fourth-order valence-electron chi connectivity index (χ4n) is 1.57. The van der Waals surface area contributed by atoms with Crippen molar-refractivity contribution in [1.82, 2.24) is 4.98 Å². The molecule has 0 unspecified atom stereocenters. The molecule has 0 spiro atoms. The Morgan fingerprint density at radius 3 is 2.79 bits per heavy atom. The molecule has 3 nitrogen and oxygen atoms in total. The van der Waals surface area contributed by atoms with E-state index in [1.165, 1.54) is 22.7 Å². The topological polar surface area (TPSA) is 42.0 Å². The molecule has 1 N–H and O–H groups in total. The van der Waals surface area contributed by atoms with Gasteiger partial charge in [0.2, 0.25) is 11.9 Å². The minimum absolute atomic E-state index is 0.136. The normalized spacial score (nSPS) is 10.8. The number of fused-ring (bicyclic) bond motifs is 1. The third-order valence-electron chi connectivity index (χ3n) is 2.43. The summed E-state index contributed by atoms with van der Waals surface area (Å²) in [7, 11) is 0. The molecule has 3 heterocycles. The maximum atomic E-state index is 13.3. The molecular weight excluding hydrogens is 290 g/mol. The predicted molar refractivity (Wildman–Crippen MR) is 71.8 cm³/mol. The van der Waals surface area contributed by atoms with E-state index in [0.29, 0.717) is 4.88 Å². The molecule has 0 atom stereocenters. The molecule has 0 saturated heterocycles. The van der Waals surface area contributed by atoms with E-state index in [-0.39, 0.29) is 5.69 Å². The van der Waals surface area contributed by atoms with Gasteiger partial charge in [0.05, 0.1) is 10.6 Å². The first kappa shape index (κ1) is 12.2. The van der Waals surface area contributed by atoms with Gasteiger partial charge < -0.3 is 5.32 Å². The summed E-state index contributed by atoms with van der Waals surface area (Å²) in [5, 5.41) is 4.31. The lowest BCUT2D eigenvalue weighted by molar-refractivity contribution is 0.103. The SMILES string of the molecule is O=C(Nc1ccc(F)nc1F)c1cc2sccc2s1. The van der Waals surface area contributed by atoms with Crippen molar-refractivity contribution in [3.63, 3.8) is 0 Å². The number of rotatable bonds is 2. The molecule has 96 valence electrons. The van der Waals surface area contributed by atoms with Crippen LogP contribution in [-0.4, -0.2) is 10.9 Å². The second-order valence-corrected chi connectivity index (χ2v) is 5.72. The van der Waals surface area contributed by atoms with Gasteiger partial charge in [-0.2, -0.15) is 13.8 Å². The number of thiophene rings is 2. The van der Waals surface area contributed by atoms with Crippen LogP contribution in [0.1, 0.15) is 9.67 Å². The lowest BCUT2D eigenvalue weighted by Gasteiger charge is -2.03. The van der Waals surface area contributed by atoms with Crippen LogP contribution in [0.2, 0.25) is 0 Å². The third kappa shape index (κ3) is 2.34. The van der Waals surface area contributed by atoms with E-state index in [1.807, 2.05) is 11.4 Å². The van der Waals surface area contributed by atoms with E-state index in [4.69, 9.17) is 0 Å². The number of hydrogen-bond donors (Lipinski definition) is 1. The van der Waals surface area contributed by atoms with Crippen molar-refractivity contribution >= 4 is 43.7 Å². The van der Waals surface area contributed by atoms with Gasteiger partial charge in [0.1, 0.15) is 0 Å². The van der Waals surface area contributed by atoms with E-state index in [0.717, 1.165) is 21.5 Å². The molecule has 7 heteroatoms. The van der Waals surface area contributed by atoms with Crippen LogP contribution in [0.15, 0.2) is 29.6 Å².